The monoisotopic (exact) mass is 266 g/mol. The second-order valence-electron chi connectivity index (χ2n) is 4.78. The number of likely N-dealkylation sites (tertiary alicyclic amines) is 1. The zero-order chi connectivity index (χ0) is 12.4. The van der Waals surface area contributed by atoms with Crippen molar-refractivity contribution in [2.75, 3.05) is 26.4 Å². The Morgan fingerprint density at radius 3 is 3.33 bits per heavy atom. The van der Waals surface area contributed by atoms with Crippen LogP contribution < -0.4 is 0 Å². The first kappa shape index (κ1) is 12.3. The van der Waals surface area contributed by atoms with Gasteiger partial charge in [-0.2, -0.15) is 0 Å². The van der Waals surface area contributed by atoms with Gasteiger partial charge in [0.05, 0.1) is 32.5 Å². The molecule has 5 heteroatoms. The zero-order valence-electron chi connectivity index (χ0n) is 10.3. The van der Waals surface area contributed by atoms with Crippen LogP contribution in [0.4, 0.5) is 0 Å². The van der Waals surface area contributed by atoms with E-state index in [1.54, 1.807) is 11.3 Å². The average Bonchev–Trinajstić information content (AvgIpc) is 3.06. The minimum atomic E-state index is 0.274. The van der Waals surface area contributed by atoms with Crippen LogP contribution in [0.15, 0.2) is 24.2 Å². The van der Waals surface area contributed by atoms with Gasteiger partial charge >= 0.3 is 0 Å². The maximum atomic E-state index is 5.86. The molecule has 18 heavy (non-hydrogen) atoms. The Kier molecular flexibility index (Phi) is 3.75. The molecule has 2 aliphatic heterocycles. The van der Waals surface area contributed by atoms with E-state index in [1.165, 1.54) is 5.01 Å². The molecule has 0 unspecified atom stereocenters. The van der Waals surface area contributed by atoms with Crippen LogP contribution >= 0.6 is 11.3 Å². The van der Waals surface area contributed by atoms with Gasteiger partial charge in [-0.15, -0.1) is 17.9 Å². The van der Waals surface area contributed by atoms with Crippen molar-refractivity contribution in [3.63, 3.8) is 0 Å². The van der Waals surface area contributed by atoms with E-state index in [1.807, 2.05) is 17.7 Å². The molecule has 2 fully saturated rings. The van der Waals surface area contributed by atoms with Gasteiger partial charge in [0.25, 0.3) is 0 Å². The van der Waals surface area contributed by atoms with E-state index in [0.717, 1.165) is 26.3 Å². The molecule has 3 atom stereocenters. The molecule has 0 spiro atoms. The molecule has 1 aromatic heterocycles. The third-order valence-corrected chi connectivity index (χ3v) is 4.47. The van der Waals surface area contributed by atoms with Crippen LogP contribution in [0.3, 0.4) is 0 Å². The summed E-state index contributed by atoms with van der Waals surface area (Å²) in [6.45, 7) is 7.87. The van der Waals surface area contributed by atoms with Crippen LogP contribution in [0, 0.1) is 5.92 Å². The number of hydrogen-bond donors (Lipinski definition) is 0. The fourth-order valence-corrected chi connectivity index (χ4v) is 3.49. The molecule has 0 amide bonds. The number of nitrogens with zero attached hydrogens (tertiary/aromatic N) is 2. The molecule has 3 heterocycles. The van der Waals surface area contributed by atoms with Crippen LogP contribution in [0.25, 0.3) is 0 Å². The first-order valence-electron chi connectivity index (χ1n) is 6.31. The van der Waals surface area contributed by atoms with Crippen molar-refractivity contribution < 1.29 is 9.47 Å². The third-order valence-electron chi connectivity index (χ3n) is 3.70. The Labute approximate surface area is 111 Å². The van der Waals surface area contributed by atoms with Crippen molar-refractivity contribution in [2.24, 2.45) is 5.92 Å². The molecule has 0 aliphatic carbocycles. The van der Waals surface area contributed by atoms with Crippen molar-refractivity contribution in [3.05, 3.63) is 29.2 Å². The highest BCUT2D eigenvalue weighted by Gasteiger charge is 2.45. The lowest BCUT2D eigenvalue weighted by atomic mass is 10.0. The van der Waals surface area contributed by atoms with Gasteiger partial charge in [-0.25, -0.2) is 4.98 Å². The fraction of sp³-hybridized carbons (Fsp3) is 0.615. The highest BCUT2D eigenvalue weighted by Crippen LogP contribution is 2.33. The number of ether oxygens (including phenoxy) is 2. The molecule has 0 aromatic carbocycles. The van der Waals surface area contributed by atoms with E-state index < -0.39 is 0 Å². The Hall–Kier alpha value is -0.750. The van der Waals surface area contributed by atoms with Crippen molar-refractivity contribution in [3.8, 4) is 0 Å². The van der Waals surface area contributed by atoms with E-state index in [-0.39, 0.29) is 6.10 Å². The lowest BCUT2D eigenvalue weighted by Gasteiger charge is -2.20. The summed E-state index contributed by atoms with van der Waals surface area (Å²) in [7, 11) is 0. The number of thiazole rings is 1. The normalized spacial score (nSPS) is 31.7. The van der Waals surface area contributed by atoms with Crippen molar-refractivity contribution in [2.45, 2.75) is 18.7 Å². The summed E-state index contributed by atoms with van der Waals surface area (Å²) in [5, 5.41) is 3.20. The van der Waals surface area contributed by atoms with Gasteiger partial charge in [-0.05, 0) is 0 Å². The van der Waals surface area contributed by atoms with Crippen LogP contribution in [0.5, 0.6) is 0 Å². The molecule has 2 saturated heterocycles. The smallest absolute Gasteiger partial charge is 0.107 e. The standard InChI is InChI=1S/C13H18N2O2S/c1-2-4-17-12-6-15(7-13-14-3-5-18-13)11-9-16-8-10(11)12/h2-3,5,10-12H,1,4,6-9H2/t10-,11+,12-/m0/s1. The molecule has 4 nitrogen and oxygen atoms in total. The van der Waals surface area contributed by atoms with Gasteiger partial charge in [0.1, 0.15) is 5.01 Å². The third kappa shape index (κ3) is 2.36. The average molecular weight is 266 g/mol. The summed E-state index contributed by atoms with van der Waals surface area (Å²) in [6.07, 6.45) is 3.95. The summed E-state index contributed by atoms with van der Waals surface area (Å²) in [5.74, 6) is 0.505. The molecule has 1 aromatic rings. The van der Waals surface area contributed by atoms with E-state index >= 15 is 0 Å². The van der Waals surface area contributed by atoms with Gasteiger partial charge in [-0.3, -0.25) is 4.90 Å². The largest absolute Gasteiger partial charge is 0.379 e. The van der Waals surface area contributed by atoms with E-state index in [4.69, 9.17) is 9.47 Å². The fourth-order valence-electron chi connectivity index (χ4n) is 2.85. The number of rotatable bonds is 5. The summed E-state index contributed by atoms with van der Waals surface area (Å²) < 4.78 is 11.5. The van der Waals surface area contributed by atoms with E-state index in [0.29, 0.717) is 18.6 Å². The summed E-state index contributed by atoms with van der Waals surface area (Å²) in [6, 6.07) is 0.490. The number of hydrogen-bond acceptors (Lipinski definition) is 5. The molecule has 2 aliphatic rings. The molecule has 3 rings (SSSR count). The van der Waals surface area contributed by atoms with Crippen LogP contribution in [-0.2, 0) is 16.0 Å². The van der Waals surface area contributed by atoms with Crippen LogP contribution in [-0.4, -0.2) is 48.4 Å². The van der Waals surface area contributed by atoms with E-state index in [2.05, 4.69) is 16.5 Å². The Morgan fingerprint density at radius 1 is 1.61 bits per heavy atom. The molecule has 0 bridgehead atoms. The van der Waals surface area contributed by atoms with Gasteiger partial charge in [0.2, 0.25) is 0 Å². The SMILES string of the molecule is C=CCO[C@H]1CN(Cc2nccs2)[C@@H]2COC[C@H]12. The molecule has 0 N–H and O–H groups in total. The minimum absolute atomic E-state index is 0.274. The van der Waals surface area contributed by atoms with Crippen molar-refractivity contribution in [1.82, 2.24) is 9.88 Å². The highest BCUT2D eigenvalue weighted by atomic mass is 32.1. The lowest BCUT2D eigenvalue weighted by molar-refractivity contribution is 0.0342. The molecular formula is C13H18N2O2S. The topological polar surface area (TPSA) is 34.6 Å². The predicted octanol–water partition coefficient (Wildman–Crippen LogP) is 1.54. The van der Waals surface area contributed by atoms with Crippen molar-refractivity contribution >= 4 is 11.3 Å². The summed E-state index contributed by atoms with van der Waals surface area (Å²) >= 11 is 1.71. The quantitative estimate of drug-likeness (QED) is 0.757. The molecular weight excluding hydrogens is 248 g/mol. The first-order chi connectivity index (χ1) is 8.88. The van der Waals surface area contributed by atoms with Crippen LogP contribution in [0.1, 0.15) is 5.01 Å². The lowest BCUT2D eigenvalue weighted by Crippen LogP contribution is -2.32. The highest BCUT2D eigenvalue weighted by molar-refractivity contribution is 7.09. The van der Waals surface area contributed by atoms with E-state index in [9.17, 15) is 0 Å². The second kappa shape index (κ2) is 5.48. The van der Waals surface area contributed by atoms with Crippen LogP contribution in [0.2, 0.25) is 0 Å². The maximum Gasteiger partial charge on any atom is 0.107 e. The maximum absolute atomic E-state index is 5.86. The molecule has 0 radical (unpaired) electrons. The summed E-state index contributed by atoms with van der Waals surface area (Å²) in [4.78, 5) is 6.81. The second-order valence-corrected chi connectivity index (χ2v) is 5.76. The number of aromatic nitrogens is 1. The summed E-state index contributed by atoms with van der Waals surface area (Å²) in [5.41, 5.74) is 0. The first-order valence-corrected chi connectivity index (χ1v) is 7.19. The Bertz CT molecular complexity index is 396. The Morgan fingerprint density at radius 2 is 2.56 bits per heavy atom. The molecule has 98 valence electrons. The van der Waals surface area contributed by atoms with Gasteiger partial charge in [0, 0.05) is 30.1 Å². The zero-order valence-corrected chi connectivity index (χ0v) is 11.1. The Balaban J connectivity index is 1.66. The van der Waals surface area contributed by atoms with Crippen molar-refractivity contribution in [1.29, 1.82) is 0 Å². The minimum Gasteiger partial charge on any atom is -0.379 e. The predicted molar refractivity (Wildman–Crippen MR) is 70.6 cm³/mol. The van der Waals surface area contributed by atoms with Gasteiger partial charge in [-0.1, -0.05) is 6.08 Å². The van der Waals surface area contributed by atoms with Gasteiger partial charge in [0.15, 0.2) is 0 Å². The van der Waals surface area contributed by atoms with Gasteiger partial charge < -0.3 is 9.47 Å². The molecule has 0 saturated carbocycles. The number of fused-ring (bicyclic) bond motifs is 1.